The van der Waals surface area contributed by atoms with Crippen molar-refractivity contribution in [1.29, 1.82) is 0 Å². The van der Waals surface area contributed by atoms with Crippen LogP contribution in [0.4, 0.5) is 0 Å². The van der Waals surface area contributed by atoms with Gasteiger partial charge in [0.1, 0.15) is 0 Å². The molecule has 2 aromatic rings. The molecule has 0 fully saturated rings. The molecule has 0 unspecified atom stereocenters. The molecule has 0 radical (unpaired) electrons. The van der Waals surface area contributed by atoms with Gasteiger partial charge in [-0.15, -0.1) is 0 Å². The van der Waals surface area contributed by atoms with Crippen molar-refractivity contribution in [3.63, 3.8) is 0 Å². The minimum atomic E-state index is -3.58. The van der Waals surface area contributed by atoms with Gasteiger partial charge in [-0.1, -0.05) is 23.7 Å². The molecule has 0 heterocycles. The lowest BCUT2D eigenvalue weighted by atomic mass is 10.2. The maximum atomic E-state index is 12.5. The maximum Gasteiger partial charge on any atom is 0.251 e. The second-order valence-electron chi connectivity index (χ2n) is 6.86. The predicted octanol–water partition coefficient (Wildman–Crippen LogP) is 2.70. The third-order valence-corrected chi connectivity index (χ3v) is 8.00. The Kier molecular flexibility index (Phi) is 7.10. The van der Waals surface area contributed by atoms with Crippen molar-refractivity contribution in [3.8, 4) is 0 Å². The van der Waals surface area contributed by atoms with Crippen LogP contribution in [0.5, 0.6) is 0 Å². The van der Waals surface area contributed by atoms with Crippen LogP contribution in [0.3, 0.4) is 0 Å². The minimum absolute atomic E-state index is 0.0483. The van der Waals surface area contributed by atoms with E-state index in [-0.39, 0.29) is 33.0 Å². The zero-order valence-corrected chi connectivity index (χ0v) is 18.9. The smallest absolute Gasteiger partial charge is 0.251 e. The molecule has 2 rings (SSSR count). The van der Waals surface area contributed by atoms with Gasteiger partial charge in [-0.2, -0.15) is 4.31 Å². The molecule has 7 nitrogen and oxygen atoms in total. The average Bonchev–Trinajstić information content (AvgIpc) is 2.65. The lowest BCUT2D eigenvalue weighted by molar-refractivity contribution is 0.0950. The van der Waals surface area contributed by atoms with E-state index in [1.54, 1.807) is 26.0 Å². The van der Waals surface area contributed by atoms with Crippen LogP contribution in [-0.2, 0) is 26.4 Å². The zero-order valence-electron chi connectivity index (χ0n) is 16.5. The number of rotatable bonds is 7. The molecule has 0 spiro atoms. The van der Waals surface area contributed by atoms with Gasteiger partial charge < -0.3 is 5.32 Å². The van der Waals surface area contributed by atoms with Crippen LogP contribution < -0.4 is 5.32 Å². The second kappa shape index (κ2) is 8.83. The van der Waals surface area contributed by atoms with Crippen LogP contribution in [0.15, 0.2) is 52.3 Å². The summed E-state index contributed by atoms with van der Waals surface area (Å²) in [4.78, 5) is 12.4. The van der Waals surface area contributed by atoms with Crippen molar-refractivity contribution in [1.82, 2.24) is 9.62 Å². The first-order valence-electron chi connectivity index (χ1n) is 8.69. The number of carbonyl (C=O) groups excluding carboxylic acids is 1. The van der Waals surface area contributed by atoms with E-state index < -0.39 is 25.8 Å². The fourth-order valence-corrected chi connectivity index (χ4v) is 5.11. The van der Waals surface area contributed by atoms with Gasteiger partial charge in [0.2, 0.25) is 10.0 Å². The Morgan fingerprint density at radius 3 is 2.17 bits per heavy atom. The van der Waals surface area contributed by atoms with Crippen molar-refractivity contribution < 1.29 is 21.6 Å². The zero-order chi connectivity index (χ0) is 22.0. The Morgan fingerprint density at radius 2 is 1.66 bits per heavy atom. The fraction of sp³-hybridized carbons (Fsp3) is 0.316. The van der Waals surface area contributed by atoms with Crippen molar-refractivity contribution in [2.75, 3.05) is 13.3 Å². The highest BCUT2D eigenvalue weighted by Gasteiger charge is 2.22. The number of carbonyl (C=O) groups is 1. The molecule has 1 N–H and O–H groups in total. The van der Waals surface area contributed by atoms with Crippen molar-refractivity contribution >= 4 is 37.4 Å². The van der Waals surface area contributed by atoms with Gasteiger partial charge in [0.05, 0.1) is 14.8 Å². The summed E-state index contributed by atoms with van der Waals surface area (Å²) in [6.07, 6.45) is 1.02. The predicted molar refractivity (Wildman–Crippen MR) is 112 cm³/mol. The maximum absolute atomic E-state index is 12.5. The first kappa shape index (κ1) is 23.3. The number of hydrogen-bond donors (Lipinski definition) is 1. The molecule has 0 aliphatic carbocycles. The SMILES string of the molecule is CC(C)N(C)S(=O)(=O)c1ccc(CNC(=O)c2ccc(Cl)c(S(C)(=O)=O)c2)cc1. The normalized spacial score (nSPS) is 12.4. The summed E-state index contributed by atoms with van der Waals surface area (Å²) in [5.41, 5.74) is 0.856. The summed E-state index contributed by atoms with van der Waals surface area (Å²) < 4.78 is 49.7. The summed E-state index contributed by atoms with van der Waals surface area (Å²) in [7, 11) is -5.62. The molecule has 1 amide bonds. The second-order valence-corrected chi connectivity index (χ2v) is 11.2. The highest BCUT2D eigenvalue weighted by Crippen LogP contribution is 2.23. The molecule has 0 aromatic heterocycles. The van der Waals surface area contributed by atoms with Crippen LogP contribution in [0, 0.1) is 0 Å². The highest BCUT2D eigenvalue weighted by molar-refractivity contribution is 7.90. The summed E-state index contributed by atoms with van der Waals surface area (Å²) in [5, 5.41) is 2.72. The van der Waals surface area contributed by atoms with Gasteiger partial charge >= 0.3 is 0 Å². The van der Waals surface area contributed by atoms with Crippen LogP contribution in [0.25, 0.3) is 0 Å². The van der Waals surface area contributed by atoms with Crippen molar-refractivity contribution in [2.45, 2.75) is 36.2 Å². The molecule has 0 saturated carbocycles. The Hall–Kier alpha value is -1.94. The van der Waals surface area contributed by atoms with Crippen LogP contribution in [0.1, 0.15) is 29.8 Å². The minimum Gasteiger partial charge on any atom is -0.348 e. The van der Waals surface area contributed by atoms with Crippen LogP contribution >= 0.6 is 11.6 Å². The summed E-state index contributed by atoms with van der Waals surface area (Å²) in [6.45, 7) is 3.72. The monoisotopic (exact) mass is 458 g/mol. The molecule has 0 aliphatic heterocycles. The number of halogens is 1. The molecule has 29 heavy (non-hydrogen) atoms. The van der Waals surface area contributed by atoms with E-state index in [1.807, 2.05) is 0 Å². The molecule has 2 aromatic carbocycles. The average molecular weight is 459 g/mol. The van der Waals surface area contributed by atoms with Gasteiger partial charge in [-0.05, 0) is 49.7 Å². The van der Waals surface area contributed by atoms with E-state index >= 15 is 0 Å². The van der Waals surface area contributed by atoms with Crippen LogP contribution in [-0.4, -0.2) is 46.4 Å². The molecular weight excluding hydrogens is 436 g/mol. The number of benzene rings is 2. The van der Waals surface area contributed by atoms with E-state index in [0.717, 1.165) is 6.26 Å². The first-order chi connectivity index (χ1) is 13.3. The lowest BCUT2D eigenvalue weighted by Crippen LogP contribution is -2.33. The van der Waals surface area contributed by atoms with E-state index in [2.05, 4.69) is 5.32 Å². The number of nitrogens with zero attached hydrogens (tertiary/aromatic N) is 1. The van der Waals surface area contributed by atoms with Gasteiger partial charge in [0.25, 0.3) is 5.91 Å². The van der Waals surface area contributed by atoms with Crippen molar-refractivity contribution in [2.24, 2.45) is 0 Å². The third-order valence-electron chi connectivity index (χ3n) is 4.37. The number of sulfone groups is 1. The Bertz CT molecular complexity index is 1110. The first-order valence-corrected chi connectivity index (χ1v) is 12.4. The van der Waals surface area contributed by atoms with Gasteiger partial charge in [-0.25, -0.2) is 16.8 Å². The molecule has 0 saturated heterocycles. The van der Waals surface area contributed by atoms with E-state index in [1.165, 1.54) is 41.7 Å². The standard InChI is InChI=1S/C19H23ClN2O5S2/c1-13(2)22(3)29(26,27)16-8-5-14(6-9-16)12-21-19(23)15-7-10-17(20)18(11-15)28(4,24)25/h5-11,13H,12H2,1-4H3,(H,21,23). The summed E-state index contributed by atoms with van der Waals surface area (Å²) in [6, 6.07) is 10.1. The Morgan fingerprint density at radius 1 is 1.07 bits per heavy atom. The quantitative estimate of drug-likeness (QED) is 0.687. The number of hydrogen-bond acceptors (Lipinski definition) is 5. The van der Waals surface area contributed by atoms with Gasteiger partial charge in [0.15, 0.2) is 9.84 Å². The highest BCUT2D eigenvalue weighted by atomic mass is 35.5. The van der Waals surface area contributed by atoms with Crippen molar-refractivity contribution in [3.05, 3.63) is 58.6 Å². The molecule has 10 heteroatoms. The fourth-order valence-electron chi connectivity index (χ4n) is 2.44. The molecule has 0 atom stereocenters. The van der Waals surface area contributed by atoms with Crippen LogP contribution in [0.2, 0.25) is 5.02 Å². The molecule has 0 aliphatic rings. The summed E-state index contributed by atoms with van der Waals surface area (Å²) >= 11 is 5.89. The lowest BCUT2D eigenvalue weighted by Gasteiger charge is -2.21. The Balaban J connectivity index is 2.12. The molecule has 0 bridgehead atoms. The van der Waals surface area contributed by atoms with E-state index in [4.69, 9.17) is 11.6 Å². The third kappa shape index (κ3) is 5.57. The topological polar surface area (TPSA) is 101 Å². The Labute approximate surface area is 176 Å². The molecule has 158 valence electrons. The number of sulfonamides is 1. The number of amides is 1. The largest absolute Gasteiger partial charge is 0.348 e. The summed E-state index contributed by atoms with van der Waals surface area (Å²) in [5.74, 6) is -0.470. The van der Waals surface area contributed by atoms with E-state index in [9.17, 15) is 21.6 Å². The van der Waals surface area contributed by atoms with Gasteiger partial charge in [-0.3, -0.25) is 4.79 Å². The number of nitrogens with one attached hydrogen (secondary N) is 1. The van der Waals surface area contributed by atoms with E-state index in [0.29, 0.717) is 5.56 Å². The van der Waals surface area contributed by atoms with Gasteiger partial charge in [0, 0.05) is 31.5 Å². The molecular formula is C19H23ClN2O5S2.